The van der Waals surface area contributed by atoms with Gasteiger partial charge in [0.2, 0.25) is 0 Å². The van der Waals surface area contributed by atoms with Crippen LogP contribution < -0.4 is 14.2 Å². The van der Waals surface area contributed by atoms with Gasteiger partial charge in [-0.25, -0.2) is 4.98 Å². The van der Waals surface area contributed by atoms with Crippen molar-refractivity contribution in [1.82, 2.24) is 14.5 Å². The Labute approximate surface area is 234 Å². The fraction of sp³-hybridized carbons (Fsp3) is 0.387. The SMILES string of the molecule is CCCCOc1ccc([C@H]2/C(=C(\O)c3ccc4c(c3)C[C@@H](C)O4)C(=O)C(=O)N2CCCn2ccnc2)cc1OC. The minimum atomic E-state index is -0.787. The molecule has 0 spiro atoms. The number of aliphatic hydroxyl groups excluding tert-OH is 1. The molecule has 2 aliphatic rings. The second kappa shape index (κ2) is 11.9. The van der Waals surface area contributed by atoms with Crippen LogP contribution in [0.4, 0.5) is 0 Å². The fourth-order valence-electron chi connectivity index (χ4n) is 5.32. The number of methoxy groups -OCH3 is 1. The third kappa shape index (κ3) is 5.41. The first-order chi connectivity index (χ1) is 19.4. The molecule has 1 amide bonds. The Balaban J connectivity index is 1.53. The molecule has 0 saturated carbocycles. The van der Waals surface area contributed by atoms with Crippen molar-refractivity contribution < 1.29 is 28.9 Å². The number of benzene rings is 2. The quantitative estimate of drug-likeness (QED) is 0.158. The number of fused-ring (bicyclic) bond motifs is 1. The molecule has 2 aromatic carbocycles. The molecule has 2 aliphatic heterocycles. The summed E-state index contributed by atoms with van der Waals surface area (Å²) in [5, 5.41) is 11.5. The molecule has 5 rings (SSSR count). The molecular formula is C31H35N3O6. The fourth-order valence-corrected chi connectivity index (χ4v) is 5.32. The number of unbranched alkanes of at least 4 members (excludes halogenated alkanes) is 1. The first-order valence-electron chi connectivity index (χ1n) is 13.8. The Morgan fingerprint density at radius 3 is 2.73 bits per heavy atom. The molecule has 2 atom stereocenters. The van der Waals surface area contributed by atoms with Gasteiger partial charge in [0.25, 0.3) is 11.7 Å². The molecule has 0 unspecified atom stereocenters. The zero-order valence-electron chi connectivity index (χ0n) is 23.1. The smallest absolute Gasteiger partial charge is 0.295 e. The van der Waals surface area contributed by atoms with E-state index >= 15 is 0 Å². The summed E-state index contributed by atoms with van der Waals surface area (Å²) in [6.45, 7) is 5.58. The minimum absolute atomic E-state index is 0.0407. The maximum atomic E-state index is 13.5. The van der Waals surface area contributed by atoms with E-state index in [2.05, 4.69) is 11.9 Å². The van der Waals surface area contributed by atoms with Gasteiger partial charge in [0, 0.05) is 37.5 Å². The predicted octanol–water partition coefficient (Wildman–Crippen LogP) is 4.91. The van der Waals surface area contributed by atoms with E-state index in [1.165, 1.54) is 4.90 Å². The average Bonchev–Trinajstić information content (AvgIpc) is 3.67. The van der Waals surface area contributed by atoms with Crippen molar-refractivity contribution in [3.63, 3.8) is 0 Å². The predicted molar refractivity (Wildman–Crippen MR) is 149 cm³/mol. The summed E-state index contributed by atoms with van der Waals surface area (Å²) in [5.41, 5.74) is 2.14. The average molecular weight is 546 g/mol. The third-order valence-corrected chi connectivity index (χ3v) is 7.34. The number of nitrogens with zero attached hydrogens (tertiary/aromatic N) is 3. The van der Waals surface area contributed by atoms with Gasteiger partial charge in [0.05, 0.1) is 31.7 Å². The molecule has 1 fully saturated rings. The standard InChI is InChI=1S/C31H35N3O6/c1-4-5-15-39-25-10-7-21(18-26(25)38-3)28-27(29(35)22-8-9-24-23(17-22)16-20(2)40-24)30(36)31(37)34(28)13-6-12-33-14-11-32-19-33/h7-11,14,17-20,28,35H,4-6,12-13,15-16H2,1-3H3/b29-27+/t20-,28+/m1/s1. The van der Waals surface area contributed by atoms with Gasteiger partial charge in [-0.1, -0.05) is 19.4 Å². The molecule has 3 aromatic rings. The highest BCUT2D eigenvalue weighted by molar-refractivity contribution is 6.46. The number of aryl methyl sites for hydroxylation is 1. The second-order valence-corrected chi connectivity index (χ2v) is 10.2. The summed E-state index contributed by atoms with van der Waals surface area (Å²) in [4.78, 5) is 32.5. The molecule has 1 N–H and O–H groups in total. The van der Waals surface area contributed by atoms with Crippen LogP contribution in [0.15, 0.2) is 60.7 Å². The van der Waals surface area contributed by atoms with Gasteiger partial charge in [-0.2, -0.15) is 0 Å². The summed E-state index contributed by atoms with van der Waals surface area (Å²) >= 11 is 0. The van der Waals surface area contributed by atoms with E-state index in [1.54, 1.807) is 43.9 Å². The van der Waals surface area contributed by atoms with Crippen LogP contribution in [0.1, 0.15) is 55.8 Å². The minimum Gasteiger partial charge on any atom is -0.507 e. The van der Waals surface area contributed by atoms with Gasteiger partial charge in [0.1, 0.15) is 17.6 Å². The van der Waals surface area contributed by atoms with Crippen LogP contribution in [0.3, 0.4) is 0 Å². The molecule has 40 heavy (non-hydrogen) atoms. The van der Waals surface area contributed by atoms with Crippen LogP contribution in [0.2, 0.25) is 0 Å². The van der Waals surface area contributed by atoms with Crippen molar-refractivity contribution in [2.75, 3.05) is 20.3 Å². The number of hydrogen-bond acceptors (Lipinski definition) is 7. The van der Waals surface area contributed by atoms with Gasteiger partial charge < -0.3 is 28.8 Å². The van der Waals surface area contributed by atoms with Gasteiger partial charge in [-0.05, 0) is 61.2 Å². The molecule has 0 radical (unpaired) electrons. The van der Waals surface area contributed by atoms with Crippen LogP contribution in [0.5, 0.6) is 17.2 Å². The number of hydrogen-bond donors (Lipinski definition) is 1. The lowest BCUT2D eigenvalue weighted by Gasteiger charge is -2.26. The summed E-state index contributed by atoms with van der Waals surface area (Å²) in [6, 6.07) is 9.98. The number of ether oxygens (including phenoxy) is 3. The van der Waals surface area contributed by atoms with Crippen molar-refractivity contribution in [2.24, 2.45) is 0 Å². The normalized spacial score (nSPS) is 19.5. The number of aromatic nitrogens is 2. The van der Waals surface area contributed by atoms with E-state index in [1.807, 2.05) is 29.8 Å². The number of ketones is 1. The second-order valence-electron chi connectivity index (χ2n) is 10.2. The molecule has 9 nitrogen and oxygen atoms in total. The van der Waals surface area contributed by atoms with Crippen molar-refractivity contribution >= 4 is 17.4 Å². The molecule has 3 heterocycles. The van der Waals surface area contributed by atoms with E-state index in [-0.39, 0.29) is 17.4 Å². The zero-order chi connectivity index (χ0) is 28.2. The molecule has 1 saturated heterocycles. The van der Waals surface area contributed by atoms with Crippen LogP contribution in [-0.2, 0) is 22.6 Å². The highest BCUT2D eigenvalue weighted by atomic mass is 16.5. The monoisotopic (exact) mass is 545 g/mol. The maximum Gasteiger partial charge on any atom is 0.295 e. The van der Waals surface area contributed by atoms with E-state index in [0.29, 0.717) is 55.2 Å². The highest BCUT2D eigenvalue weighted by Gasteiger charge is 2.46. The summed E-state index contributed by atoms with van der Waals surface area (Å²) in [5.74, 6) is 0.301. The number of carbonyl (C=O) groups is 2. The summed E-state index contributed by atoms with van der Waals surface area (Å²) < 4.78 is 19.2. The molecule has 9 heteroatoms. The molecular weight excluding hydrogens is 510 g/mol. The largest absolute Gasteiger partial charge is 0.507 e. The Hall–Kier alpha value is -4.27. The molecule has 1 aromatic heterocycles. The Morgan fingerprint density at radius 1 is 1.12 bits per heavy atom. The number of carbonyl (C=O) groups excluding carboxylic acids is 2. The number of likely N-dealkylation sites (tertiary alicyclic amines) is 1. The summed E-state index contributed by atoms with van der Waals surface area (Å²) in [6.07, 6.45) is 8.53. The number of aliphatic hydroxyl groups is 1. The van der Waals surface area contributed by atoms with Gasteiger partial charge in [-0.15, -0.1) is 0 Å². The lowest BCUT2D eigenvalue weighted by atomic mass is 9.94. The lowest BCUT2D eigenvalue weighted by molar-refractivity contribution is -0.139. The van der Waals surface area contributed by atoms with E-state index in [0.717, 1.165) is 24.2 Å². The van der Waals surface area contributed by atoms with Crippen molar-refractivity contribution in [2.45, 2.75) is 58.2 Å². The number of amides is 1. The number of rotatable bonds is 11. The van der Waals surface area contributed by atoms with Crippen molar-refractivity contribution in [1.29, 1.82) is 0 Å². The van der Waals surface area contributed by atoms with Crippen LogP contribution in [-0.4, -0.2) is 57.6 Å². The number of imidazole rings is 1. The van der Waals surface area contributed by atoms with Gasteiger partial charge in [-0.3, -0.25) is 9.59 Å². The third-order valence-electron chi connectivity index (χ3n) is 7.34. The van der Waals surface area contributed by atoms with Gasteiger partial charge in [0.15, 0.2) is 11.5 Å². The topological polar surface area (TPSA) is 103 Å². The Kier molecular flexibility index (Phi) is 8.09. The maximum absolute atomic E-state index is 13.5. The van der Waals surface area contributed by atoms with Crippen molar-refractivity contribution in [3.05, 3.63) is 77.4 Å². The van der Waals surface area contributed by atoms with Crippen LogP contribution in [0, 0.1) is 0 Å². The van der Waals surface area contributed by atoms with Gasteiger partial charge >= 0.3 is 0 Å². The van der Waals surface area contributed by atoms with E-state index < -0.39 is 17.7 Å². The van der Waals surface area contributed by atoms with E-state index in [9.17, 15) is 14.7 Å². The number of Topliss-reactive ketones (excluding diaryl/α,β-unsaturated/α-hetero) is 1. The molecule has 0 bridgehead atoms. The lowest BCUT2D eigenvalue weighted by Crippen LogP contribution is -2.31. The van der Waals surface area contributed by atoms with Crippen molar-refractivity contribution in [3.8, 4) is 17.2 Å². The first kappa shape index (κ1) is 27.3. The Morgan fingerprint density at radius 2 is 1.98 bits per heavy atom. The van der Waals surface area contributed by atoms with E-state index in [4.69, 9.17) is 14.2 Å². The Bertz CT molecular complexity index is 1410. The summed E-state index contributed by atoms with van der Waals surface area (Å²) in [7, 11) is 1.56. The molecule has 210 valence electrons. The zero-order valence-corrected chi connectivity index (χ0v) is 23.1. The highest BCUT2D eigenvalue weighted by Crippen LogP contribution is 2.43. The first-order valence-corrected chi connectivity index (χ1v) is 13.8. The molecule has 0 aliphatic carbocycles. The van der Waals surface area contributed by atoms with Crippen LogP contribution in [0.25, 0.3) is 5.76 Å². The van der Waals surface area contributed by atoms with Crippen LogP contribution >= 0.6 is 0 Å².